The van der Waals surface area contributed by atoms with Gasteiger partial charge in [0.15, 0.2) is 5.17 Å². The maximum atomic E-state index is 11.9. The number of nitrogens with zero attached hydrogens (tertiary/aromatic N) is 1. The maximum absolute atomic E-state index is 11.9. The van der Waals surface area contributed by atoms with Gasteiger partial charge in [0, 0.05) is 13.5 Å². The third kappa shape index (κ3) is 3.45. The second-order valence-electron chi connectivity index (χ2n) is 3.98. The fourth-order valence-electron chi connectivity index (χ4n) is 1.62. The quantitative estimate of drug-likeness (QED) is 0.894. The summed E-state index contributed by atoms with van der Waals surface area (Å²) < 4.78 is 0. The number of nitrogens with one attached hydrogen (secondary N) is 2. The van der Waals surface area contributed by atoms with E-state index >= 15 is 0 Å². The highest BCUT2D eigenvalue weighted by molar-refractivity contribution is 8.15. The van der Waals surface area contributed by atoms with Crippen molar-refractivity contribution < 1.29 is 9.59 Å². The van der Waals surface area contributed by atoms with Crippen molar-refractivity contribution >= 4 is 57.6 Å². The Morgan fingerprint density at radius 1 is 1.50 bits per heavy atom. The van der Waals surface area contributed by atoms with Gasteiger partial charge in [-0.15, -0.1) is 0 Å². The van der Waals surface area contributed by atoms with Crippen molar-refractivity contribution in [1.82, 2.24) is 5.32 Å². The van der Waals surface area contributed by atoms with E-state index in [0.29, 0.717) is 15.9 Å². The molecule has 1 aromatic carbocycles. The largest absolute Gasteiger partial charge is 0.325 e. The zero-order valence-corrected chi connectivity index (χ0v) is 12.8. The van der Waals surface area contributed by atoms with Crippen LogP contribution in [0.4, 0.5) is 5.69 Å². The Kier molecular flexibility index (Phi) is 4.91. The summed E-state index contributed by atoms with van der Waals surface area (Å²) in [6.07, 6.45) is 0.0400. The third-order valence-corrected chi connectivity index (χ3v) is 4.57. The molecule has 1 saturated heterocycles. The summed E-state index contributed by atoms with van der Waals surface area (Å²) in [4.78, 5) is 27.4. The molecule has 0 aromatic heterocycles. The summed E-state index contributed by atoms with van der Waals surface area (Å²) in [5.41, 5.74) is 0.428. The Balaban J connectivity index is 2.00. The van der Waals surface area contributed by atoms with Crippen molar-refractivity contribution in [3.63, 3.8) is 0 Å². The highest BCUT2D eigenvalue weighted by Gasteiger charge is 2.31. The second-order valence-corrected chi connectivity index (χ2v) is 5.95. The lowest BCUT2D eigenvalue weighted by Gasteiger charge is -2.09. The summed E-state index contributed by atoms with van der Waals surface area (Å²) in [6.45, 7) is 0. The molecule has 0 spiro atoms. The Morgan fingerprint density at radius 3 is 2.90 bits per heavy atom. The number of rotatable bonds is 3. The molecule has 0 unspecified atom stereocenters. The van der Waals surface area contributed by atoms with E-state index < -0.39 is 5.25 Å². The van der Waals surface area contributed by atoms with Crippen LogP contribution < -0.4 is 10.6 Å². The van der Waals surface area contributed by atoms with E-state index in [1.165, 1.54) is 11.8 Å². The average molecular weight is 332 g/mol. The highest BCUT2D eigenvalue weighted by Crippen LogP contribution is 2.30. The van der Waals surface area contributed by atoms with Crippen molar-refractivity contribution in [3.05, 3.63) is 28.2 Å². The molecule has 1 aliphatic rings. The number of benzene rings is 1. The number of amides is 2. The Hall–Kier alpha value is -1.24. The molecule has 0 radical (unpaired) electrons. The van der Waals surface area contributed by atoms with Gasteiger partial charge in [0.1, 0.15) is 5.25 Å². The fourth-order valence-corrected chi connectivity index (χ4v) is 2.90. The monoisotopic (exact) mass is 331 g/mol. The van der Waals surface area contributed by atoms with Gasteiger partial charge in [-0.2, -0.15) is 0 Å². The van der Waals surface area contributed by atoms with E-state index in [0.717, 1.165) is 0 Å². The van der Waals surface area contributed by atoms with Crippen LogP contribution in [0.25, 0.3) is 0 Å². The number of carbonyl (C=O) groups is 2. The first-order valence-electron chi connectivity index (χ1n) is 5.69. The molecule has 0 saturated carbocycles. The van der Waals surface area contributed by atoms with Crippen molar-refractivity contribution in [2.24, 2.45) is 4.99 Å². The SMILES string of the molecule is CN=C1NC(=O)[C@@H](CC(=O)Nc2cccc(Cl)c2Cl)S1. The normalized spacial score (nSPS) is 20.1. The molecule has 1 heterocycles. The molecule has 106 valence electrons. The van der Waals surface area contributed by atoms with Crippen LogP contribution in [0.2, 0.25) is 10.0 Å². The molecule has 1 fully saturated rings. The lowest BCUT2D eigenvalue weighted by molar-refractivity contribution is -0.122. The highest BCUT2D eigenvalue weighted by atomic mass is 35.5. The van der Waals surface area contributed by atoms with Crippen LogP contribution in [0.1, 0.15) is 6.42 Å². The van der Waals surface area contributed by atoms with Crippen LogP contribution in [0.5, 0.6) is 0 Å². The van der Waals surface area contributed by atoms with Gasteiger partial charge in [-0.1, -0.05) is 41.0 Å². The molecule has 8 heteroatoms. The van der Waals surface area contributed by atoms with Crippen LogP contribution in [-0.2, 0) is 9.59 Å². The zero-order chi connectivity index (χ0) is 14.7. The molecule has 1 aromatic rings. The van der Waals surface area contributed by atoms with Crippen LogP contribution in [0.15, 0.2) is 23.2 Å². The minimum atomic E-state index is -0.480. The van der Waals surface area contributed by atoms with Gasteiger partial charge in [-0.3, -0.25) is 14.6 Å². The topological polar surface area (TPSA) is 70.6 Å². The first-order chi connectivity index (χ1) is 9.51. The molecule has 20 heavy (non-hydrogen) atoms. The lowest BCUT2D eigenvalue weighted by atomic mass is 10.2. The van der Waals surface area contributed by atoms with Gasteiger partial charge in [0.2, 0.25) is 11.8 Å². The minimum Gasteiger partial charge on any atom is -0.325 e. The van der Waals surface area contributed by atoms with Crippen molar-refractivity contribution in [1.29, 1.82) is 0 Å². The number of hydrogen-bond donors (Lipinski definition) is 2. The fraction of sp³-hybridized carbons (Fsp3) is 0.250. The van der Waals surface area contributed by atoms with Crippen LogP contribution in [0, 0.1) is 0 Å². The first-order valence-corrected chi connectivity index (χ1v) is 7.33. The van der Waals surface area contributed by atoms with E-state index in [1.54, 1.807) is 25.2 Å². The predicted molar refractivity (Wildman–Crippen MR) is 82.6 cm³/mol. The van der Waals surface area contributed by atoms with Crippen molar-refractivity contribution in [2.45, 2.75) is 11.7 Å². The van der Waals surface area contributed by atoms with E-state index in [-0.39, 0.29) is 23.3 Å². The second kappa shape index (κ2) is 6.47. The van der Waals surface area contributed by atoms with E-state index in [2.05, 4.69) is 15.6 Å². The number of hydrogen-bond acceptors (Lipinski definition) is 4. The van der Waals surface area contributed by atoms with Gasteiger partial charge in [0.25, 0.3) is 0 Å². The summed E-state index contributed by atoms with van der Waals surface area (Å²) >= 11 is 13.1. The van der Waals surface area contributed by atoms with E-state index in [1.807, 2.05) is 0 Å². The molecule has 2 N–H and O–H groups in total. The summed E-state index contributed by atoms with van der Waals surface area (Å²) in [7, 11) is 1.58. The number of anilines is 1. The molecule has 1 aliphatic heterocycles. The van der Waals surface area contributed by atoms with Crippen LogP contribution in [-0.4, -0.2) is 29.3 Å². The van der Waals surface area contributed by atoms with E-state index in [4.69, 9.17) is 23.2 Å². The maximum Gasteiger partial charge on any atom is 0.240 e. The Bertz CT molecular complexity index is 592. The predicted octanol–water partition coefficient (Wildman–Crippen LogP) is 2.54. The number of aliphatic imine (C=N–C) groups is 1. The number of thioether (sulfide) groups is 1. The molecule has 2 rings (SSSR count). The van der Waals surface area contributed by atoms with Gasteiger partial charge in [0.05, 0.1) is 15.7 Å². The average Bonchev–Trinajstić information content (AvgIpc) is 2.76. The summed E-state index contributed by atoms with van der Waals surface area (Å²) in [5.74, 6) is -0.526. The van der Waals surface area contributed by atoms with Gasteiger partial charge in [-0.05, 0) is 12.1 Å². The number of halogens is 2. The first kappa shape index (κ1) is 15.2. The smallest absolute Gasteiger partial charge is 0.240 e. The molecule has 1 atom stereocenters. The molecule has 0 bridgehead atoms. The number of carbonyl (C=O) groups excluding carboxylic acids is 2. The van der Waals surface area contributed by atoms with Crippen LogP contribution >= 0.6 is 35.0 Å². The Morgan fingerprint density at radius 2 is 2.25 bits per heavy atom. The molecule has 5 nitrogen and oxygen atoms in total. The molecular formula is C12H11Cl2N3O2S. The Labute approximate surface area is 130 Å². The standard InChI is InChI=1S/C12H11Cl2N3O2S/c1-15-12-17-11(19)8(20-12)5-9(18)16-7-4-2-3-6(13)10(7)14/h2-4,8H,5H2,1H3,(H,16,18)(H,15,17,19)/t8-/m1/s1. The minimum absolute atomic E-state index is 0.0400. The molecule has 2 amide bonds. The van der Waals surface area contributed by atoms with Gasteiger partial charge in [-0.25, -0.2) is 0 Å². The van der Waals surface area contributed by atoms with Crippen molar-refractivity contribution in [2.75, 3.05) is 12.4 Å². The van der Waals surface area contributed by atoms with Gasteiger partial charge < -0.3 is 10.6 Å². The third-order valence-electron chi connectivity index (χ3n) is 2.58. The van der Waals surface area contributed by atoms with Crippen LogP contribution in [0.3, 0.4) is 0 Å². The van der Waals surface area contributed by atoms with Gasteiger partial charge >= 0.3 is 0 Å². The molecular weight excluding hydrogens is 321 g/mol. The summed E-state index contributed by atoms with van der Waals surface area (Å²) in [5, 5.41) is 5.91. The number of amidine groups is 1. The summed E-state index contributed by atoms with van der Waals surface area (Å²) in [6, 6.07) is 4.96. The molecule has 0 aliphatic carbocycles. The zero-order valence-electron chi connectivity index (χ0n) is 10.4. The van der Waals surface area contributed by atoms with Crippen molar-refractivity contribution in [3.8, 4) is 0 Å². The van der Waals surface area contributed by atoms with E-state index in [9.17, 15) is 9.59 Å². The lowest BCUT2D eigenvalue weighted by Crippen LogP contribution is -2.28.